The third-order valence-electron chi connectivity index (χ3n) is 4.03. The molecule has 0 aliphatic carbocycles. The number of carbonyl (C=O) groups is 1. The van der Waals surface area contributed by atoms with E-state index in [9.17, 15) is 4.79 Å². The van der Waals surface area contributed by atoms with Crippen molar-refractivity contribution in [2.75, 3.05) is 13.6 Å². The van der Waals surface area contributed by atoms with Gasteiger partial charge < -0.3 is 10.2 Å². The molecule has 0 saturated carbocycles. The molecule has 1 fully saturated rings. The lowest BCUT2D eigenvalue weighted by atomic mass is 9.92. The summed E-state index contributed by atoms with van der Waals surface area (Å²) < 4.78 is 0. The maximum absolute atomic E-state index is 12.7. The topological polar surface area (TPSA) is 32.3 Å². The summed E-state index contributed by atoms with van der Waals surface area (Å²) in [6.45, 7) is 3.46. The van der Waals surface area contributed by atoms with Gasteiger partial charge in [-0.3, -0.25) is 4.79 Å². The molecule has 1 atom stereocenters. The van der Waals surface area contributed by atoms with Gasteiger partial charge in [-0.2, -0.15) is 0 Å². The van der Waals surface area contributed by atoms with Gasteiger partial charge in [-0.15, -0.1) is 0 Å². The number of nitrogens with one attached hydrogen (secondary N) is 1. The Morgan fingerprint density at radius 3 is 2.75 bits per heavy atom. The SMILES string of the molecule is CCC1(C(=O)N(C)Cc2ccc(Cl)cc2Cl)CCCN1. The molecule has 1 aliphatic heterocycles. The van der Waals surface area contributed by atoms with Crippen LogP contribution in [0.15, 0.2) is 18.2 Å². The van der Waals surface area contributed by atoms with Gasteiger partial charge in [0.1, 0.15) is 0 Å². The van der Waals surface area contributed by atoms with Gasteiger partial charge in [0.2, 0.25) is 5.91 Å². The van der Waals surface area contributed by atoms with E-state index in [0.717, 1.165) is 31.4 Å². The molecule has 1 aliphatic rings. The van der Waals surface area contributed by atoms with Gasteiger partial charge in [0.15, 0.2) is 0 Å². The third-order valence-corrected chi connectivity index (χ3v) is 4.61. The largest absolute Gasteiger partial charge is 0.340 e. The summed E-state index contributed by atoms with van der Waals surface area (Å²) in [7, 11) is 1.82. The van der Waals surface area contributed by atoms with Crippen molar-refractivity contribution in [3.8, 4) is 0 Å². The van der Waals surface area contributed by atoms with Crippen LogP contribution in [0.5, 0.6) is 0 Å². The summed E-state index contributed by atoms with van der Waals surface area (Å²) in [4.78, 5) is 14.4. The summed E-state index contributed by atoms with van der Waals surface area (Å²) >= 11 is 12.1. The number of rotatable bonds is 4. The molecule has 1 unspecified atom stereocenters. The van der Waals surface area contributed by atoms with E-state index in [4.69, 9.17) is 23.2 Å². The molecule has 0 bridgehead atoms. The van der Waals surface area contributed by atoms with Gasteiger partial charge in [0, 0.05) is 23.6 Å². The van der Waals surface area contributed by atoms with Crippen molar-refractivity contribution in [2.45, 2.75) is 38.3 Å². The lowest BCUT2D eigenvalue weighted by Crippen LogP contribution is -2.53. The zero-order valence-corrected chi connectivity index (χ0v) is 13.4. The van der Waals surface area contributed by atoms with Gasteiger partial charge in [-0.1, -0.05) is 36.2 Å². The maximum Gasteiger partial charge on any atom is 0.242 e. The van der Waals surface area contributed by atoms with Gasteiger partial charge in [0.25, 0.3) is 0 Å². The fourth-order valence-corrected chi connectivity index (χ4v) is 3.25. The molecule has 1 amide bonds. The molecule has 5 heteroatoms. The standard InChI is InChI=1S/C15H20Cl2N2O/c1-3-15(7-4-8-18-15)14(20)19(2)10-11-5-6-12(16)9-13(11)17/h5-6,9,18H,3-4,7-8,10H2,1-2H3. The molecular weight excluding hydrogens is 295 g/mol. The molecule has 2 rings (SSSR count). The van der Waals surface area contributed by atoms with Crippen molar-refractivity contribution >= 4 is 29.1 Å². The summed E-state index contributed by atoms with van der Waals surface area (Å²) in [5.41, 5.74) is 0.518. The van der Waals surface area contributed by atoms with Crippen LogP contribution in [-0.2, 0) is 11.3 Å². The Kier molecular flexibility index (Phi) is 4.95. The van der Waals surface area contributed by atoms with Crippen LogP contribution in [-0.4, -0.2) is 29.9 Å². The number of nitrogens with zero attached hydrogens (tertiary/aromatic N) is 1. The average molecular weight is 315 g/mol. The van der Waals surface area contributed by atoms with Crippen LogP contribution in [0.3, 0.4) is 0 Å². The number of carbonyl (C=O) groups excluding carboxylic acids is 1. The molecule has 0 radical (unpaired) electrons. The maximum atomic E-state index is 12.7. The Balaban J connectivity index is 2.11. The van der Waals surface area contributed by atoms with E-state index in [1.807, 2.05) is 13.1 Å². The highest BCUT2D eigenvalue weighted by Crippen LogP contribution is 2.27. The zero-order chi connectivity index (χ0) is 14.8. The first-order valence-electron chi connectivity index (χ1n) is 6.93. The van der Waals surface area contributed by atoms with Crippen LogP contribution in [0, 0.1) is 0 Å². The highest BCUT2D eigenvalue weighted by atomic mass is 35.5. The predicted molar refractivity (Wildman–Crippen MR) is 83.2 cm³/mol. The Morgan fingerprint density at radius 1 is 1.45 bits per heavy atom. The van der Waals surface area contributed by atoms with Crippen LogP contribution >= 0.6 is 23.2 Å². The summed E-state index contributed by atoms with van der Waals surface area (Å²) in [6.07, 6.45) is 2.76. The molecule has 1 aromatic rings. The fraction of sp³-hybridized carbons (Fsp3) is 0.533. The monoisotopic (exact) mass is 314 g/mol. The minimum absolute atomic E-state index is 0.142. The Morgan fingerprint density at radius 2 is 2.20 bits per heavy atom. The molecule has 1 aromatic carbocycles. The Bertz CT molecular complexity index is 499. The summed E-state index contributed by atoms with van der Waals surface area (Å²) in [6, 6.07) is 5.37. The van der Waals surface area contributed by atoms with Gasteiger partial charge in [-0.25, -0.2) is 0 Å². The third kappa shape index (κ3) is 3.11. The molecule has 20 heavy (non-hydrogen) atoms. The van der Waals surface area contributed by atoms with Crippen LogP contribution in [0.1, 0.15) is 31.7 Å². The summed E-state index contributed by atoms with van der Waals surface area (Å²) in [5.74, 6) is 0.142. The molecule has 0 spiro atoms. The second-order valence-electron chi connectivity index (χ2n) is 5.36. The van der Waals surface area contributed by atoms with Crippen molar-refractivity contribution in [3.63, 3.8) is 0 Å². The van der Waals surface area contributed by atoms with E-state index >= 15 is 0 Å². The van der Waals surface area contributed by atoms with E-state index in [-0.39, 0.29) is 5.91 Å². The van der Waals surface area contributed by atoms with Gasteiger partial charge >= 0.3 is 0 Å². The molecule has 1 heterocycles. The van der Waals surface area contributed by atoms with E-state index in [0.29, 0.717) is 16.6 Å². The van der Waals surface area contributed by atoms with Crippen LogP contribution in [0.25, 0.3) is 0 Å². The van der Waals surface area contributed by atoms with E-state index < -0.39 is 5.54 Å². The van der Waals surface area contributed by atoms with Crippen LogP contribution in [0.2, 0.25) is 10.0 Å². The van der Waals surface area contributed by atoms with Gasteiger partial charge in [0.05, 0.1) is 5.54 Å². The second-order valence-corrected chi connectivity index (χ2v) is 6.21. The molecule has 110 valence electrons. The molecule has 0 aromatic heterocycles. The zero-order valence-electron chi connectivity index (χ0n) is 11.9. The number of hydrogen-bond acceptors (Lipinski definition) is 2. The van der Waals surface area contributed by atoms with Crippen LogP contribution in [0.4, 0.5) is 0 Å². The molecule has 1 saturated heterocycles. The average Bonchev–Trinajstić information content (AvgIpc) is 2.91. The molecular formula is C15H20Cl2N2O. The number of likely N-dealkylation sites (N-methyl/N-ethyl adjacent to an activating group) is 1. The first kappa shape index (κ1) is 15.6. The van der Waals surface area contributed by atoms with Crippen molar-refractivity contribution < 1.29 is 4.79 Å². The van der Waals surface area contributed by atoms with Crippen molar-refractivity contribution in [1.82, 2.24) is 10.2 Å². The van der Waals surface area contributed by atoms with Crippen molar-refractivity contribution in [3.05, 3.63) is 33.8 Å². The number of hydrogen-bond donors (Lipinski definition) is 1. The number of amides is 1. The molecule has 3 nitrogen and oxygen atoms in total. The summed E-state index contributed by atoms with van der Waals surface area (Å²) in [5, 5.41) is 4.57. The highest BCUT2D eigenvalue weighted by Gasteiger charge is 2.40. The Hall–Kier alpha value is -0.770. The number of benzene rings is 1. The van der Waals surface area contributed by atoms with E-state index in [2.05, 4.69) is 12.2 Å². The first-order chi connectivity index (χ1) is 9.48. The normalized spacial score (nSPS) is 22.0. The quantitative estimate of drug-likeness (QED) is 0.922. The smallest absolute Gasteiger partial charge is 0.242 e. The van der Waals surface area contributed by atoms with Crippen molar-refractivity contribution in [1.29, 1.82) is 0 Å². The molecule has 1 N–H and O–H groups in total. The van der Waals surface area contributed by atoms with Gasteiger partial charge in [-0.05, 0) is 43.5 Å². The van der Waals surface area contributed by atoms with Crippen LogP contribution < -0.4 is 5.32 Å². The lowest BCUT2D eigenvalue weighted by molar-refractivity contribution is -0.137. The Labute approximate surface area is 130 Å². The van der Waals surface area contributed by atoms with E-state index in [1.54, 1.807) is 17.0 Å². The van der Waals surface area contributed by atoms with Crippen molar-refractivity contribution in [2.24, 2.45) is 0 Å². The number of halogens is 2. The minimum atomic E-state index is -0.395. The second kappa shape index (κ2) is 6.33. The fourth-order valence-electron chi connectivity index (χ4n) is 2.78. The first-order valence-corrected chi connectivity index (χ1v) is 7.68. The van der Waals surface area contributed by atoms with E-state index in [1.165, 1.54) is 0 Å². The lowest BCUT2D eigenvalue weighted by Gasteiger charge is -2.32. The minimum Gasteiger partial charge on any atom is -0.340 e. The highest BCUT2D eigenvalue weighted by molar-refractivity contribution is 6.35. The predicted octanol–water partition coefficient (Wildman–Crippen LogP) is 3.48.